The monoisotopic (exact) mass is 301 g/mol. The molecule has 0 saturated carbocycles. The lowest BCUT2D eigenvalue weighted by Crippen LogP contribution is -2.24. The quantitative estimate of drug-likeness (QED) is 0.868. The number of hydrogen-bond donors (Lipinski definition) is 1. The van der Waals surface area contributed by atoms with E-state index >= 15 is 0 Å². The Morgan fingerprint density at radius 2 is 2.00 bits per heavy atom. The number of amides is 1. The van der Waals surface area contributed by atoms with Gasteiger partial charge in [0.25, 0.3) is 5.91 Å². The zero-order chi connectivity index (χ0) is 14.8. The molecule has 2 aromatic carbocycles. The number of halogens is 1. The van der Waals surface area contributed by atoms with Gasteiger partial charge in [-0.05, 0) is 30.3 Å². The highest BCUT2D eigenvalue weighted by molar-refractivity contribution is 6.35. The maximum absolute atomic E-state index is 12.5. The molecule has 106 valence electrons. The molecule has 0 spiro atoms. The van der Waals surface area contributed by atoms with E-state index in [9.17, 15) is 9.59 Å². The highest BCUT2D eigenvalue weighted by Gasteiger charge is 2.20. The third-order valence-corrected chi connectivity index (χ3v) is 3.58. The van der Waals surface area contributed by atoms with Gasteiger partial charge in [0, 0.05) is 11.1 Å². The molecule has 1 heterocycles. The van der Waals surface area contributed by atoms with Gasteiger partial charge >= 0.3 is 0 Å². The lowest BCUT2D eigenvalue weighted by Gasteiger charge is -2.08. The van der Waals surface area contributed by atoms with E-state index in [2.05, 4.69) is 5.32 Å². The number of hydrogen-bond acceptors (Lipinski definition) is 3. The molecule has 1 N–H and O–H groups in total. The number of nitrogens with one attached hydrogen (secondary N) is 1. The summed E-state index contributed by atoms with van der Waals surface area (Å²) < 4.78 is 5.46. The van der Waals surface area contributed by atoms with Gasteiger partial charge in [-0.1, -0.05) is 23.7 Å². The summed E-state index contributed by atoms with van der Waals surface area (Å²) in [4.78, 5) is 24.4. The van der Waals surface area contributed by atoms with Crippen LogP contribution in [0.4, 0.5) is 0 Å². The van der Waals surface area contributed by atoms with Gasteiger partial charge in [-0.3, -0.25) is 9.59 Å². The molecule has 5 heteroatoms. The van der Waals surface area contributed by atoms with Crippen LogP contribution in [0.2, 0.25) is 5.02 Å². The van der Waals surface area contributed by atoms with Crippen molar-refractivity contribution in [1.82, 2.24) is 5.32 Å². The fourth-order valence-electron chi connectivity index (χ4n) is 2.20. The Morgan fingerprint density at radius 1 is 1.19 bits per heavy atom. The van der Waals surface area contributed by atoms with E-state index in [0.717, 1.165) is 0 Å². The minimum atomic E-state index is -0.240. The van der Waals surface area contributed by atoms with Crippen molar-refractivity contribution in [3.8, 4) is 5.75 Å². The predicted octanol–water partition coefficient (Wildman–Crippen LogP) is 2.69. The number of rotatable bonds is 2. The number of carbonyl (C=O) groups is 2. The van der Waals surface area contributed by atoms with E-state index in [1.54, 1.807) is 42.5 Å². The lowest BCUT2D eigenvalue weighted by molar-refractivity contribution is 0.0957. The molecule has 0 fully saturated rings. The van der Waals surface area contributed by atoms with E-state index in [1.807, 2.05) is 0 Å². The Labute approximate surface area is 126 Å². The molecule has 1 amide bonds. The van der Waals surface area contributed by atoms with Gasteiger partial charge in [-0.15, -0.1) is 0 Å². The van der Waals surface area contributed by atoms with Crippen molar-refractivity contribution in [2.24, 2.45) is 0 Å². The maximum Gasteiger partial charge on any atom is 0.255 e. The van der Waals surface area contributed by atoms with Crippen LogP contribution >= 0.6 is 11.6 Å². The lowest BCUT2D eigenvalue weighted by atomic mass is 10.0. The zero-order valence-corrected chi connectivity index (χ0v) is 11.8. The number of ether oxygens (including phenoxy) is 1. The summed E-state index contributed by atoms with van der Waals surface area (Å²) in [6.07, 6.45) is 0. The van der Waals surface area contributed by atoms with Crippen molar-refractivity contribution in [2.75, 3.05) is 13.2 Å². The summed E-state index contributed by atoms with van der Waals surface area (Å²) in [5.41, 5.74) is 1.18. The SMILES string of the molecule is O=C(c1ccc2c(c1)C(=O)NCCO2)c1ccccc1Cl. The largest absolute Gasteiger partial charge is 0.491 e. The van der Waals surface area contributed by atoms with Crippen LogP contribution < -0.4 is 10.1 Å². The van der Waals surface area contributed by atoms with Crippen LogP contribution in [0.15, 0.2) is 42.5 Å². The van der Waals surface area contributed by atoms with Crippen molar-refractivity contribution in [3.63, 3.8) is 0 Å². The first kappa shape index (κ1) is 13.6. The average molecular weight is 302 g/mol. The fourth-order valence-corrected chi connectivity index (χ4v) is 2.42. The van der Waals surface area contributed by atoms with Gasteiger partial charge in [0.2, 0.25) is 0 Å². The zero-order valence-electron chi connectivity index (χ0n) is 11.1. The van der Waals surface area contributed by atoms with Crippen molar-refractivity contribution in [2.45, 2.75) is 0 Å². The van der Waals surface area contributed by atoms with Crippen molar-refractivity contribution < 1.29 is 14.3 Å². The third kappa shape index (κ3) is 2.62. The van der Waals surface area contributed by atoms with Crippen molar-refractivity contribution in [3.05, 3.63) is 64.2 Å². The topological polar surface area (TPSA) is 55.4 Å². The fraction of sp³-hybridized carbons (Fsp3) is 0.125. The van der Waals surface area contributed by atoms with Gasteiger partial charge < -0.3 is 10.1 Å². The second-order valence-corrected chi connectivity index (χ2v) is 5.03. The Balaban J connectivity index is 2.02. The Kier molecular flexibility index (Phi) is 3.62. The van der Waals surface area contributed by atoms with Gasteiger partial charge in [0.15, 0.2) is 5.78 Å². The molecule has 4 nitrogen and oxygen atoms in total. The molecule has 0 aliphatic carbocycles. The maximum atomic E-state index is 12.5. The smallest absolute Gasteiger partial charge is 0.255 e. The van der Waals surface area contributed by atoms with Gasteiger partial charge in [-0.2, -0.15) is 0 Å². The molecule has 0 bridgehead atoms. The molecular weight excluding hydrogens is 290 g/mol. The summed E-state index contributed by atoms with van der Waals surface area (Å²) in [7, 11) is 0. The van der Waals surface area contributed by atoms with Crippen LogP contribution in [0, 0.1) is 0 Å². The third-order valence-electron chi connectivity index (χ3n) is 3.25. The first-order valence-electron chi connectivity index (χ1n) is 6.51. The van der Waals surface area contributed by atoms with Gasteiger partial charge in [0.1, 0.15) is 12.4 Å². The highest BCUT2D eigenvalue weighted by atomic mass is 35.5. The normalized spacial score (nSPS) is 13.7. The van der Waals surface area contributed by atoms with E-state index < -0.39 is 0 Å². The van der Waals surface area contributed by atoms with E-state index in [4.69, 9.17) is 16.3 Å². The molecule has 0 aromatic heterocycles. The highest BCUT2D eigenvalue weighted by Crippen LogP contribution is 2.25. The van der Waals surface area contributed by atoms with E-state index in [-0.39, 0.29) is 11.7 Å². The number of fused-ring (bicyclic) bond motifs is 1. The molecule has 0 radical (unpaired) electrons. The molecule has 1 aliphatic heterocycles. The Hall–Kier alpha value is -2.33. The van der Waals surface area contributed by atoms with Crippen LogP contribution in [0.25, 0.3) is 0 Å². The van der Waals surface area contributed by atoms with Crippen LogP contribution in [0.5, 0.6) is 5.75 Å². The Bertz CT molecular complexity index is 727. The molecule has 0 atom stereocenters. The standard InChI is InChI=1S/C16H12ClNO3/c17-13-4-2-1-3-11(13)15(19)10-5-6-14-12(9-10)16(20)18-7-8-21-14/h1-6,9H,7-8H2,(H,18,20). The van der Waals surface area contributed by atoms with Crippen LogP contribution in [0.1, 0.15) is 26.3 Å². The van der Waals surface area contributed by atoms with Gasteiger partial charge in [-0.25, -0.2) is 0 Å². The second-order valence-electron chi connectivity index (χ2n) is 4.62. The molecule has 2 aromatic rings. The van der Waals surface area contributed by atoms with E-state index in [0.29, 0.717) is 40.6 Å². The summed E-state index contributed by atoms with van der Waals surface area (Å²) in [5, 5.41) is 3.10. The Morgan fingerprint density at radius 3 is 2.81 bits per heavy atom. The minimum absolute atomic E-state index is 0.222. The minimum Gasteiger partial charge on any atom is -0.491 e. The first-order valence-corrected chi connectivity index (χ1v) is 6.89. The molecule has 0 unspecified atom stereocenters. The summed E-state index contributed by atoms with van der Waals surface area (Å²) in [6, 6.07) is 11.7. The van der Waals surface area contributed by atoms with Crippen molar-refractivity contribution in [1.29, 1.82) is 0 Å². The number of carbonyl (C=O) groups excluding carboxylic acids is 2. The summed E-state index contributed by atoms with van der Waals surface area (Å²) in [6.45, 7) is 0.859. The van der Waals surface area contributed by atoms with Crippen LogP contribution in [0.3, 0.4) is 0 Å². The predicted molar refractivity (Wildman–Crippen MR) is 79.2 cm³/mol. The van der Waals surface area contributed by atoms with Crippen LogP contribution in [-0.2, 0) is 0 Å². The summed E-state index contributed by atoms with van der Waals surface area (Å²) >= 11 is 6.04. The molecular formula is C16H12ClNO3. The second kappa shape index (κ2) is 5.58. The molecule has 1 aliphatic rings. The number of ketones is 1. The van der Waals surface area contributed by atoms with Gasteiger partial charge in [0.05, 0.1) is 17.1 Å². The van der Waals surface area contributed by atoms with E-state index in [1.165, 1.54) is 0 Å². The molecule has 3 rings (SSSR count). The average Bonchev–Trinajstić information content (AvgIpc) is 2.69. The number of benzene rings is 2. The first-order chi connectivity index (χ1) is 10.2. The molecule has 21 heavy (non-hydrogen) atoms. The molecule has 0 saturated heterocycles. The van der Waals surface area contributed by atoms with Crippen molar-refractivity contribution >= 4 is 23.3 Å². The summed E-state index contributed by atoms with van der Waals surface area (Å²) in [5.74, 6) is 0.0254. The van der Waals surface area contributed by atoms with Crippen LogP contribution in [-0.4, -0.2) is 24.8 Å².